The van der Waals surface area contributed by atoms with Gasteiger partial charge in [-0.25, -0.2) is 4.79 Å². The van der Waals surface area contributed by atoms with Crippen molar-refractivity contribution in [3.63, 3.8) is 0 Å². The summed E-state index contributed by atoms with van der Waals surface area (Å²) in [5, 5.41) is 10.0. The Labute approximate surface area is 216 Å². The number of hydrogen-bond acceptors (Lipinski definition) is 6. The number of carbonyl (C=O) groups is 1. The number of ether oxygens (including phenoxy) is 1. The van der Waals surface area contributed by atoms with Crippen molar-refractivity contribution in [2.24, 2.45) is 5.73 Å². The van der Waals surface area contributed by atoms with Gasteiger partial charge in [-0.2, -0.15) is 5.26 Å². The van der Waals surface area contributed by atoms with E-state index in [1.165, 1.54) is 4.57 Å². The molecular weight excluding hydrogens is 582 g/mol. The highest BCUT2D eigenvalue weighted by Gasteiger charge is 2.36. The van der Waals surface area contributed by atoms with Crippen LogP contribution in [-0.2, 0) is 9.53 Å². The van der Waals surface area contributed by atoms with Gasteiger partial charge in [-0.15, -0.1) is 11.3 Å². The molecule has 0 bridgehead atoms. The number of nitrogens with zero attached hydrogens (tertiary/aromatic N) is 2. The number of nitrogens with two attached hydrogens (primary N) is 1. The number of esters is 1. The lowest BCUT2D eigenvalue weighted by Gasteiger charge is -2.25. The number of rotatable bonds is 4. The number of benzene rings is 2. The van der Waals surface area contributed by atoms with Crippen LogP contribution in [0.4, 0.5) is 0 Å². The molecule has 0 spiro atoms. The molecule has 2 aromatic carbocycles. The van der Waals surface area contributed by atoms with Crippen molar-refractivity contribution in [1.82, 2.24) is 4.57 Å². The van der Waals surface area contributed by atoms with Crippen molar-refractivity contribution in [3.8, 4) is 6.07 Å². The number of allylic oxidation sites excluding steroid dienone is 1. The summed E-state index contributed by atoms with van der Waals surface area (Å²) in [5.74, 6) is -1.33. The molecule has 0 saturated carbocycles. The second-order valence-electron chi connectivity index (χ2n) is 7.87. The molecule has 1 atom stereocenters. The first kappa shape index (κ1) is 24.2. The van der Waals surface area contributed by atoms with Crippen LogP contribution in [0.5, 0.6) is 0 Å². The molecule has 0 fully saturated rings. The average Bonchev–Trinajstić information content (AvgIpc) is 3.11. The molecule has 0 radical (unpaired) electrons. The highest BCUT2D eigenvalue weighted by atomic mass is 79.9. The first-order valence-electron chi connectivity index (χ1n) is 10.3. The summed E-state index contributed by atoms with van der Waals surface area (Å²) in [6.45, 7) is 3.50. The lowest BCUT2D eigenvalue weighted by Crippen LogP contribution is -2.40. The molecule has 0 amide bonds. The van der Waals surface area contributed by atoms with Crippen molar-refractivity contribution >= 4 is 66.6 Å². The van der Waals surface area contributed by atoms with Crippen LogP contribution in [0.25, 0.3) is 17.5 Å². The molecule has 0 saturated heterocycles. The van der Waals surface area contributed by atoms with Gasteiger partial charge < -0.3 is 10.5 Å². The van der Waals surface area contributed by atoms with E-state index in [1.54, 1.807) is 19.9 Å². The predicted molar refractivity (Wildman–Crippen MR) is 140 cm³/mol. The van der Waals surface area contributed by atoms with Gasteiger partial charge in [0.2, 0.25) is 0 Å². The molecule has 1 unspecified atom stereocenters. The minimum Gasteiger partial charge on any atom is -0.460 e. The fourth-order valence-electron chi connectivity index (χ4n) is 3.72. The van der Waals surface area contributed by atoms with Crippen LogP contribution in [0.15, 0.2) is 67.8 Å². The first-order chi connectivity index (χ1) is 16.2. The number of thiazole rings is 1. The van der Waals surface area contributed by atoms with E-state index in [0.29, 0.717) is 14.8 Å². The molecule has 34 heavy (non-hydrogen) atoms. The Kier molecular flexibility index (Phi) is 6.94. The lowest BCUT2D eigenvalue weighted by atomic mass is 9.84. The van der Waals surface area contributed by atoms with E-state index < -0.39 is 17.4 Å². The highest BCUT2D eigenvalue weighted by Crippen LogP contribution is 2.37. The second kappa shape index (κ2) is 9.74. The van der Waals surface area contributed by atoms with Crippen LogP contribution in [0.1, 0.15) is 30.9 Å². The quantitative estimate of drug-likeness (QED) is 0.459. The van der Waals surface area contributed by atoms with E-state index in [9.17, 15) is 14.9 Å². The van der Waals surface area contributed by atoms with E-state index in [0.717, 1.165) is 25.8 Å². The lowest BCUT2D eigenvalue weighted by molar-refractivity contribution is -0.140. The molecule has 1 aromatic heterocycles. The number of nitriles is 1. The van der Waals surface area contributed by atoms with Gasteiger partial charge in [-0.05, 0) is 55.3 Å². The smallest absolute Gasteiger partial charge is 0.338 e. The van der Waals surface area contributed by atoms with Crippen molar-refractivity contribution < 1.29 is 9.53 Å². The molecule has 4 rings (SSSR count). The Morgan fingerprint density at radius 3 is 2.29 bits per heavy atom. The largest absolute Gasteiger partial charge is 0.460 e. The molecule has 2 heterocycles. The first-order valence-corrected chi connectivity index (χ1v) is 12.7. The van der Waals surface area contributed by atoms with Gasteiger partial charge in [0.1, 0.15) is 10.5 Å². The summed E-state index contributed by atoms with van der Waals surface area (Å²) < 4.78 is 9.33. The summed E-state index contributed by atoms with van der Waals surface area (Å²) in [6, 6.07) is 16.9. The summed E-state index contributed by atoms with van der Waals surface area (Å²) in [7, 11) is 0. The van der Waals surface area contributed by atoms with Crippen LogP contribution in [0.2, 0.25) is 0 Å². The Morgan fingerprint density at radius 1 is 1.15 bits per heavy atom. The molecule has 172 valence electrons. The summed E-state index contributed by atoms with van der Waals surface area (Å²) in [4.78, 5) is 26.7. The summed E-state index contributed by atoms with van der Waals surface area (Å²) in [6.07, 6.45) is 1.36. The van der Waals surface area contributed by atoms with Crippen molar-refractivity contribution in [3.05, 3.63) is 93.7 Å². The standard InChI is InChI=1S/C25H19Br2N3O3S/c1-13(2)33-25(32)21-20(15-5-9-17(27)10-6-15)18(12-28)22(29)30-23(31)19(34-24(21)30)11-14-3-7-16(26)8-4-14/h3-11,13,20H,29H2,1-2H3/b19-11-. The van der Waals surface area contributed by atoms with Crippen molar-refractivity contribution in [1.29, 1.82) is 5.26 Å². The zero-order valence-corrected chi connectivity index (χ0v) is 22.2. The molecule has 1 aliphatic heterocycles. The monoisotopic (exact) mass is 599 g/mol. The maximum absolute atomic E-state index is 13.4. The van der Waals surface area contributed by atoms with Gasteiger partial charge in [0.15, 0.2) is 0 Å². The summed E-state index contributed by atoms with van der Waals surface area (Å²) in [5.41, 5.74) is 7.85. The Hall–Kier alpha value is -2.93. The SMILES string of the molecule is CC(C)OC(=O)C1=c2s/c(=C\c3ccc(Br)cc3)c(=O)n2C(N)=C(C#N)C1c1ccc(Br)cc1. The number of aromatic nitrogens is 1. The Balaban J connectivity index is 2.08. The number of hydrogen-bond donors (Lipinski definition) is 1. The van der Waals surface area contributed by atoms with E-state index >= 15 is 0 Å². The van der Waals surface area contributed by atoms with Crippen LogP contribution in [0.3, 0.4) is 0 Å². The molecule has 9 heteroatoms. The van der Waals surface area contributed by atoms with E-state index in [1.807, 2.05) is 48.5 Å². The molecule has 6 nitrogen and oxygen atoms in total. The zero-order valence-electron chi connectivity index (χ0n) is 18.2. The average molecular weight is 601 g/mol. The van der Waals surface area contributed by atoms with Crippen LogP contribution in [0, 0.1) is 11.3 Å². The molecule has 0 aliphatic carbocycles. The third-order valence-electron chi connectivity index (χ3n) is 5.20. The minimum atomic E-state index is -0.761. The zero-order chi connectivity index (χ0) is 24.6. The number of carbonyl (C=O) groups excluding carboxylic acids is 1. The van der Waals surface area contributed by atoms with Crippen LogP contribution < -0.4 is 20.5 Å². The molecule has 3 aromatic rings. The fraction of sp³-hybridized carbons (Fsp3) is 0.160. The number of fused-ring (bicyclic) bond motifs is 1. The highest BCUT2D eigenvalue weighted by molar-refractivity contribution is 9.10. The normalized spacial score (nSPS) is 15.9. The maximum Gasteiger partial charge on any atom is 0.338 e. The van der Waals surface area contributed by atoms with E-state index in [2.05, 4.69) is 37.9 Å². The Bertz CT molecular complexity index is 1530. The third kappa shape index (κ3) is 4.53. The maximum atomic E-state index is 13.4. The van der Waals surface area contributed by atoms with Gasteiger partial charge in [-0.3, -0.25) is 9.36 Å². The van der Waals surface area contributed by atoms with Crippen LogP contribution >= 0.6 is 43.2 Å². The van der Waals surface area contributed by atoms with Gasteiger partial charge in [0.05, 0.1) is 33.8 Å². The van der Waals surface area contributed by atoms with Gasteiger partial charge >= 0.3 is 5.97 Å². The molecular formula is C25H19Br2N3O3S. The number of halogens is 2. The predicted octanol–water partition coefficient (Wildman–Crippen LogP) is 3.81. The van der Waals surface area contributed by atoms with Crippen molar-refractivity contribution in [2.75, 3.05) is 0 Å². The fourth-order valence-corrected chi connectivity index (χ4v) is 5.42. The minimum absolute atomic E-state index is 0.0169. The Morgan fingerprint density at radius 2 is 1.74 bits per heavy atom. The second-order valence-corrected chi connectivity index (χ2v) is 10.7. The summed E-state index contributed by atoms with van der Waals surface area (Å²) >= 11 is 7.97. The molecule has 2 N–H and O–H groups in total. The van der Waals surface area contributed by atoms with E-state index in [4.69, 9.17) is 10.5 Å². The molecule has 1 aliphatic rings. The topological polar surface area (TPSA) is 98.1 Å². The van der Waals surface area contributed by atoms with Gasteiger partial charge in [-0.1, -0.05) is 56.1 Å². The van der Waals surface area contributed by atoms with E-state index in [-0.39, 0.29) is 23.1 Å². The van der Waals surface area contributed by atoms with Gasteiger partial charge in [0.25, 0.3) is 5.56 Å². The van der Waals surface area contributed by atoms with Crippen molar-refractivity contribution in [2.45, 2.75) is 25.9 Å². The van der Waals surface area contributed by atoms with Crippen LogP contribution in [-0.4, -0.2) is 16.6 Å². The van der Waals surface area contributed by atoms with Gasteiger partial charge in [0, 0.05) is 8.95 Å². The third-order valence-corrected chi connectivity index (χ3v) is 7.37.